The van der Waals surface area contributed by atoms with Gasteiger partial charge in [-0.15, -0.1) is 11.8 Å². The van der Waals surface area contributed by atoms with Crippen molar-refractivity contribution in [1.82, 2.24) is 0 Å². The van der Waals surface area contributed by atoms with Crippen molar-refractivity contribution in [3.63, 3.8) is 0 Å². The van der Waals surface area contributed by atoms with Crippen LogP contribution in [0.1, 0.15) is 0 Å². The fourth-order valence-electron chi connectivity index (χ4n) is 1.97. The second-order valence-corrected chi connectivity index (χ2v) is 6.85. The lowest BCUT2D eigenvalue weighted by atomic mass is 10.3. The topological polar surface area (TPSA) is 33.5 Å². The van der Waals surface area contributed by atoms with Gasteiger partial charge < -0.3 is 10.2 Å². The van der Waals surface area contributed by atoms with E-state index >= 15 is 0 Å². The van der Waals surface area contributed by atoms with Gasteiger partial charge in [0.25, 0.3) is 5.91 Å². The van der Waals surface area contributed by atoms with Crippen LogP contribution in [0.25, 0.3) is 0 Å². The minimum Gasteiger partial charge on any atom is -0.329 e. The Bertz CT molecular complexity index is 634. The molecular weight excluding hydrogens is 335 g/mol. The Balaban J connectivity index is 1.69. The van der Waals surface area contributed by atoms with Crippen LogP contribution >= 0.6 is 23.4 Å². The number of benzene rings is 2. The molecule has 0 aliphatic carbocycles. The number of thioether (sulfide) groups is 1. The molecule has 0 aromatic heterocycles. The van der Waals surface area contributed by atoms with E-state index in [1.807, 2.05) is 7.05 Å². The number of anilines is 1. The highest BCUT2D eigenvalue weighted by Gasteiger charge is 2.10. The first-order valence-corrected chi connectivity index (χ1v) is 8.64. The normalized spacial score (nSPS) is 12.0. The Morgan fingerprint density at radius 1 is 1.17 bits per heavy atom. The highest BCUT2D eigenvalue weighted by molar-refractivity contribution is 7.99. The SMILES string of the molecule is C[NH+](CCSc1ccc(F)cc1)CC(=O)Nc1ccc(Cl)cc1. The maximum absolute atomic E-state index is 12.8. The maximum atomic E-state index is 12.8. The number of rotatable bonds is 7. The van der Waals surface area contributed by atoms with E-state index in [4.69, 9.17) is 11.6 Å². The molecule has 0 fully saturated rings. The van der Waals surface area contributed by atoms with Crippen LogP contribution in [0.2, 0.25) is 5.02 Å². The molecule has 0 aliphatic heterocycles. The summed E-state index contributed by atoms with van der Waals surface area (Å²) < 4.78 is 12.8. The van der Waals surface area contributed by atoms with Gasteiger partial charge in [-0.3, -0.25) is 4.79 Å². The smallest absolute Gasteiger partial charge is 0.279 e. The monoisotopic (exact) mass is 353 g/mol. The standard InChI is InChI=1S/C17H18ClFN2OS/c1-21(10-11-23-16-8-4-14(19)5-9-16)12-17(22)20-15-6-2-13(18)3-7-15/h2-9H,10-12H2,1H3,(H,20,22)/p+1. The minimum atomic E-state index is -0.226. The summed E-state index contributed by atoms with van der Waals surface area (Å²) in [6.45, 7) is 1.24. The van der Waals surface area contributed by atoms with E-state index in [0.29, 0.717) is 11.6 Å². The van der Waals surface area contributed by atoms with Gasteiger partial charge in [0.1, 0.15) is 5.82 Å². The molecule has 1 amide bonds. The number of hydrogen-bond donors (Lipinski definition) is 2. The quantitative estimate of drug-likeness (QED) is 0.750. The molecule has 0 heterocycles. The zero-order chi connectivity index (χ0) is 16.7. The van der Waals surface area contributed by atoms with Crippen molar-refractivity contribution < 1.29 is 14.1 Å². The van der Waals surface area contributed by atoms with Crippen LogP contribution in [-0.2, 0) is 4.79 Å². The van der Waals surface area contributed by atoms with Crippen LogP contribution in [0.15, 0.2) is 53.4 Å². The van der Waals surface area contributed by atoms with Crippen molar-refractivity contribution in [1.29, 1.82) is 0 Å². The molecule has 0 aliphatic rings. The van der Waals surface area contributed by atoms with E-state index < -0.39 is 0 Å². The summed E-state index contributed by atoms with van der Waals surface area (Å²) in [5.74, 6) is 0.610. The Morgan fingerprint density at radius 3 is 2.48 bits per heavy atom. The Labute approximate surface area is 144 Å². The lowest BCUT2D eigenvalue weighted by molar-refractivity contribution is -0.868. The first kappa shape index (κ1) is 17.8. The third-order valence-corrected chi connectivity index (χ3v) is 4.47. The van der Waals surface area contributed by atoms with Gasteiger partial charge in [0.05, 0.1) is 13.6 Å². The summed E-state index contributed by atoms with van der Waals surface area (Å²) in [4.78, 5) is 14.1. The zero-order valence-electron chi connectivity index (χ0n) is 12.8. The number of halogens is 2. The fourth-order valence-corrected chi connectivity index (χ4v) is 3.12. The number of quaternary nitrogens is 1. The Morgan fingerprint density at radius 2 is 1.83 bits per heavy atom. The number of likely N-dealkylation sites (N-methyl/N-ethyl adjacent to an activating group) is 1. The van der Waals surface area contributed by atoms with Crippen LogP contribution in [0.5, 0.6) is 0 Å². The van der Waals surface area contributed by atoms with Gasteiger partial charge in [0.15, 0.2) is 6.54 Å². The molecule has 0 bridgehead atoms. The average molecular weight is 354 g/mol. The predicted octanol–water partition coefficient (Wildman–Crippen LogP) is 2.72. The summed E-state index contributed by atoms with van der Waals surface area (Å²) in [5, 5.41) is 3.49. The Kier molecular flexibility index (Phi) is 6.89. The van der Waals surface area contributed by atoms with Crippen LogP contribution in [0.3, 0.4) is 0 Å². The molecule has 2 aromatic rings. The number of carbonyl (C=O) groups is 1. The lowest BCUT2D eigenvalue weighted by Gasteiger charge is -2.13. The van der Waals surface area contributed by atoms with Crippen LogP contribution < -0.4 is 10.2 Å². The zero-order valence-corrected chi connectivity index (χ0v) is 14.4. The van der Waals surface area contributed by atoms with Crippen LogP contribution in [0.4, 0.5) is 10.1 Å². The van der Waals surface area contributed by atoms with E-state index in [-0.39, 0.29) is 11.7 Å². The molecule has 2 aromatic carbocycles. The summed E-state index contributed by atoms with van der Waals surface area (Å²) in [6.07, 6.45) is 0. The Hall–Kier alpha value is -1.56. The molecule has 2 N–H and O–H groups in total. The largest absolute Gasteiger partial charge is 0.329 e. The lowest BCUT2D eigenvalue weighted by Crippen LogP contribution is -3.10. The molecule has 1 unspecified atom stereocenters. The second-order valence-electron chi connectivity index (χ2n) is 5.24. The first-order valence-electron chi connectivity index (χ1n) is 7.28. The fraction of sp³-hybridized carbons (Fsp3) is 0.235. The van der Waals surface area contributed by atoms with Crippen molar-refractivity contribution in [3.05, 3.63) is 59.4 Å². The molecule has 122 valence electrons. The molecule has 0 radical (unpaired) electrons. The maximum Gasteiger partial charge on any atom is 0.279 e. The van der Waals surface area contributed by atoms with Crippen molar-refractivity contribution >= 4 is 35.0 Å². The molecule has 0 saturated carbocycles. The first-order chi connectivity index (χ1) is 11.0. The molecule has 1 atom stereocenters. The molecule has 2 rings (SSSR count). The third kappa shape index (κ3) is 6.60. The average Bonchev–Trinajstić information content (AvgIpc) is 2.51. The van der Waals surface area contributed by atoms with Crippen LogP contribution in [-0.4, -0.2) is 31.8 Å². The molecule has 0 spiro atoms. The predicted molar refractivity (Wildman–Crippen MR) is 93.8 cm³/mol. The number of hydrogen-bond acceptors (Lipinski definition) is 2. The van der Waals surface area contributed by atoms with Gasteiger partial charge in [-0.25, -0.2) is 4.39 Å². The van der Waals surface area contributed by atoms with Gasteiger partial charge in [0, 0.05) is 21.4 Å². The highest BCUT2D eigenvalue weighted by atomic mass is 35.5. The molecular formula is C17H19ClFN2OS+. The van der Waals surface area contributed by atoms with Crippen molar-refractivity contribution in [3.8, 4) is 0 Å². The van der Waals surface area contributed by atoms with Gasteiger partial charge in [-0.2, -0.15) is 0 Å². The summed E-state index contributed by atoms with van der Waals surface area (Å²) in [6, 6.07) is 13.5. The summed E-state index contributed by atoms with van der Waals surface area (Å²) in [5.41, 5.74) is 0.743. The highest BCUT2D eigenvalue weighted by Crippen LogP contribution is 2.16. The van der Waals surface area contributed by atoms with Crippen LogP contribution in [0, 0.1) is 5.82 Å². The number of nitrogens with one attached hydrogen (secondary N) is 2. The second kappa shape index (κ2) is 8.91. The molecule has 23 heavy (non-hydrogen) atoms. The van der Waals surface area contributed by atoms with Gasteiger partial charge in [-0.05, 0) is 48.5 Å². The van der Waals surface area contributed by atoms with E-state index in [9.17, 15) is 9.18 Å². The molecule has 6 heteroatoms. The van der Waals surface area contributed by atoms with E-state index in [1.54, 1.807) is 48.2 Å². The molecule has 3 nitrogen and oxygen atoms in total. The number of carbonyl (C=O) groups excluding carboxylic acids is 1. The third-order valence-electron chi connectivity index (χ3n) is 3.20. The number of amides is 1. The minimum absolute atomic E-state index is 0.0309. The van der Waals surface area contributed by atoms with Crippen molar-refractivity contribution in [2.75, 3.05) is 31.2 Å². The molecule has 0 saturated heterocycles. The van der Waals surface area contributed by atoms with Crippen molar-refractivity contribution in [2.45, 2.75) is 4.90 Å². The summed E-state index contributed by atoms with van der Waals surface area (Å²) in [7, 11) is 1.98. The van der Waals surface area contributed by atoms with E-state index in [2.05, 4.69) is 5.32 Å². The van der Waals surface area contributed by atoms with Gasteiger partial charge in [-0.1, -0.05) is 11.6 Å². The van der Waals surface area contributed by atoms with E-state index in [1.165, 1.54) is 12.1 Å². The van der Waals surface area contributed by atoms with Gasteiger partial charge >= 0.3 is 0 Å². The van der Waals surface area contributed by atoms with Crippen molar-refractivity contribution in [2.24, 2.45) is 0 Å². The van der Waals surface area contributed by atoms with Gasteiger partial charge in [0.2, 0.25) is 0 Å². The van der Waals surface area contributed by atoms with E-state index in [0.717, 1.165) is 27.8 Å². The summed E-state index contributed by atoms with van der Waals surface area (Å²) >= 11 is 7.47.